The second kappa shape index (κ2) is 10.0. The predicted octanol–water partition coefficient (Wildman–Crippen LogP) is 5.81. The van der Waals surface area contributed by atoms with E-state index in [9.17, 15) is 9.59 Å². The number of hydrogen-bond donors (Lipinski definition) is 2. The lowest BCUT2D eigenvalue weighted by Gasteiger charge is -2.11. The van der Waals surface area contributed by atoms with Crippen LogP contribution >= 0.6 is 0 Å². The van der Waals surface area contributed by atoms with Crippen LogP contribution in [0, 0.1) is 0 Å². The Morgan fingerprint density at radius 1 is 0.688 bits per heavy atom. The van der Waals surface area contributed by atoms with Gasteiger partial charge in [0, 0.05) is 11.3 Å². The molecule has 0 unspecified atom stereocenters. The highest BCUT2D eigenvalue weighted by atomic mass is 16.2. The Balaban J connectivity index is 1.57. The van der Waals surface area contributed by atoms with Gasteiger partial charge in [-0.25, -0.2) is 0 Å². The molecule has 0 saturated carbocycles. The van der Waals surface area contributed by atoms with E-state index < -0.39 is 5.91 Å². The summed E-state index contributed by atoms with van der Waals surface area (Å²) in [5, 5.41) is 7.73. The maximum atomic E-state index is 13.0. The van der Waals surface area contributed by atoms with Crippen molar-refractivity contribution in [2.24, 2.45) is 0 Å². The van der Waals surface area contributed by atoms with E-state index in [2.05, 4.69) is 10.6 Å². The van der Waals surface area contributed by atoms with Crippen molar-refractivity contribution in [1.29, 1.82) is 0 Å². The highest BCUT2D eigenvalue weighted by Crippen LogP contribution is 2.19. The van der Waals surface area contributed by atoms with Crippen molar-refractivity contribution in [3.63, 3.8) is 0 Å². The summed E-state index contributed by atoms with van der Waals surface area (Å²) in [6.45, 7) is 0. The van der Waals surface area contributed by atoms with Gasteiger partial charge in [0.25, 0.3) is 11.8 Å². The fraction of sp³-hybridized carbons (Fsp3) is 0. The van der Waals surface area contributed by atoms with Crippen LogP contribution in [0.25, 0.3) is 16.8 Å². The molecule has 4 heteroatoms. The topological polar surface area (TPSA) is 58.2 Å². The average Bonchev–Trinajstić information content (AvgIpc) is 2.84. The number of allylic oxidation sites excluding steroid dienone is 2. The van der Waals surface area contributed by atoms with Crippen LogP contribution in [0.15, 0.2) is 121 Å². The summed E-state index contributed by atoms with van der Waals surface area (Å²) in [7, 11) is 0. The molecule has 0 radical (unpaired) electrons. The first-order valence-electron chi connectivity index (χ1n) is 10.3. The summed E-state index contributed by atoms with van der Waals surface area (Å²) in [6, 6.07) is 32.2. The van der Waals surface area contributed by atoms with E-state index in [0.29, 0.717) is 11.3 Å². The highest BCUT2D eigenvalue weighted by molar-refractivity contribution is 6.09. The second-order valence-electron chi connectivity index (χ2n) is 7.19. The van der Waals surface area contributed by atoms with Crippen molar-refractivity contribution in [3.05, 3.63) is 132 Å². The third-order valence-corrected chi connectivity index (χ3v) is 4.89. The molecule has 156 valence electrons. The number of benzene rings is 4. The van der Waals surface area contributed by atoms with Gasteiger partial charge in [0.05, 0.1) is 0 Å². The molecule has 0 spiro atoms. The Hall–Kier alpha value is -4.44. The van der Waals surface area contributed by atoms with Crippen molar-refractivity contribution >= 4 is 34.4 Å². The van der Waals surface area contributed by atoms with E-state index in [4.69, 9.17) is 0 Å². The number of rotatable bonds is 6. The molecule has 2 amide bonds. The van der Waals surface area contributed by atoms with E-state index in [-0.39, 0.29) is 11.6 Å². The smallest absolute Gasteiger partial charge is 0.272 e. The molecule has 4 aromatic carbocycles. The van der Waals surface area contributed by atoms with Gasteiger partial charge in [0.2, 0.25) is 0 Å². The lowest BCUT2D eigenvalue weighted by atomic mass is 10.1. The Bertz CT molecular complexity index is 1290. The molecule has 2 N–H and O–H groups in total. The third kappa shape index (κ3) is 5.37. The maximum Gasteiger partial charge on any atom is 0.272 e. The molecule has 4 rings (SSSR count). The summed E-state index contributed by atoms with van der Waals surface area (Å²) >= 11 is 0. The van der Waals surface area contributed by atoms with Crippen LogP contribution < -0.4 is 10.6 Å². The zero-order chi connectivity index (χ0) is 22.2. The standard InChI is InChI=1S/C28H22N2O2/c31-27(23-14-5-2-6-15-23)30-26(17-9-12-21-10-3-1-4-11-21)28(32)29-25-19-18-22-13-7-8-16-24(22)20-25/h1-20H,(H,29,32)(H,30,31)/b12-9+,26-17+. The fourth-order valence-electron chi connectivity index (χ4n) is 3.24. The minimum absolute atomic E-state index is 0.152. The van der Waals surface area contributed by atoms with E-state index >= 15 is 0 Å². The van der Waals surface area contributed by atoms with Gasteiger partial charge in [-0.3, -0.25) is 9.59 Å². The van der Waals surface area contributed by atoms with Crippen LogP contribution in [0.4, 0.5) is 5.69 Å². The Morgan fingerprint density at radius 2 is 1.34 bits per heavy atom. The zero-order valence-corrected chi connectivity index (χ0v) is 17.4. The molecule has 0 bridgehead atoms. The summed E-state index contributed by atoms with van der Waals surface area (Å²) in [6.07, 6.45) is 5.22. The van der Waals surface area contributed by atoms with Crippen LogP contribution in [0.3, 0.4) is 0 Å². The quantitative estimate of drug-likeness (QED) is 0.307. The largest absolute Gasteiger partial charge is 0.321 e. The molecule has 0 aliphatic heterocycles. The van der Waals surface area contributed by atoms with E-state index in [1.54, 1.807) is 36.4 Å². The minimum Gasteiger partial charge on any atom is -0.321 e. The molecule has 0 aromatic heterocycles. The van der Waals surface area contributed by atoms with E-state index in [1.807, 2.05) is 84.9 Å². The fourth-order valence-corrected chi connectivity index (χ4v) is 3.24. The molecule has 0 heterocycles. The number of fused-ring (bicyclic) bond motifs is 1. The molecule has 32 heavy (non-hydrogen) atoms. The van der Waals surface area contributed by atoms with Crippen LogP contribution in [-0.4, -0.2) is 11.8 Å². The first-order valence-corrected chi connectivity index (χ1v) is 10.3. The highest BCUT2D eigenvalue weighted by Gasteiger charge is 2.14. The summed E-state index contributed by atoms with van der Waals surface area (Å²) in [5.41, 5.74) is 2.27. The number of hydrogen-bond acceptors (Lipinski definition) is 2. The lowest BCUT2D eigenvalue weighted by Crippen LogP contribution is -2.30. The van der Waals surface area contributed by atoms with Crippen LogP contribution in [0.1, 0.15) is 15.9 Å². The van der Waals surface area contributed by atoms with Gasteiger partial charge in [-0.1, -0.05) is 91.0 Å². The average molecular weight is 418 g/mol. The first kappa shape index (κ1) is 20.8. The number of amides is 2. The molecule has 0 aliphatic carbocycles. The van der Waals surface area contributed by atoms with E-state index in [0.717, 1.165) is 16.3 Å². The zero-order valence-electron chi connectivity index (χ0n) is 17.4. The molecule has 4 nitrogen and oxygen atoms in total. The van der Waals surface area contributed by atoms with E-state index in [1.165, 1.54) is 0 Å². The first-order chi connectivity index (χ1) is 15.7. The van der Waals surface area contributed by atoms with Crippen LogP contribution in [0.2, 0.25) is 0 Å². The minimum atomic E-state index is -0.401. The van der Waals surface area contributed by atoms with Crippen molar-refractivity contribution in [1.82, 2.24) is 5.32 Å². The number of nitrogens with one attached hydrogen (secondary N) is 2. The number of carbonyl (C=O) groups is 2. The SMILES string of the molecule is O=C(Nc1ccc2ccccc2c1)/C(=C\C=C\c1ccccc1)NC(=O)c1ccccc1. The second-order valence-corrected chi connectivity index (χ2v) is 7.19. The van der Waals surface area contributed by atoms with Gasteiger partial charge in [-0.15, -0.1) is 0 Å². The summed E-state index contributed by atoms with van der Waals surface area (Å²) in [5.74, 6) is -0.749. The monoisotopic (exact) mass is 418 g/mol. The molecule has 0 fully saturated rings. The van der Waals surface area contributed by atoms with Crippen molar-refractivity contribution in [2.75, 3.05) is 5.32 Å². The third-order valence-electron chi connectivity index (χ3n) is 4.89. The predicted molar refractivity (Wildman–Crippen MR) is 130 cm³/mol. The number of carbonyl (C=O) groups excluding carboxylic acids is 2. The maximum absolute atomic E-state index is 13.0. The Morgan fingerprint density at radius 3 is 2.09 bits per heavy atom. The normalized spacial score (nSPS) is 11.4. The molecule has 4 aromatic rings. The van der Waals surface area contributed by atoms with Gasteiger partial charge >= 0.3 is 0 Å². The molecular weight excluding hydrogens is 396 g/mol. The van der Waals surface area contributed by atoms with Gasteiger partial charge < -0.3 is 10.6 Å². The molecular formula is C28H22N2O2. The molecule has 0 atom stereocenters. The summed E-state index contributed by atoms with van der Waals surface area (Å²) < 4.78 is 0. The Kier molecular flexibility index (Phi) is 6.54. The summed E-state index contributed by atoms with van der Waals surface area (Å²) in [4.78, 5) is 25.7. The van der Waals surface area contributed by atoms with Crippen molar-refractivity contribution < 1.29 is 9.59 Å². The number of anilines is 1. The molecule has 0 saturated heterocycles. The van der Waals surface area contributed by atoms with Crippen LogP contribution in [-0.2, 0) is 4.79 Å². The lowest BCUT2D eigenvalue weighted by molar-refractivity contribution is -0.113. The van der Waals surface area contributed by atoms with Crippen LogP contribution in [0.5, 0.6) is 0 Å². The Labute approximate surface area is 186 Å². The van der Waals surface area contributed by atoms with Gasteiger partial charge in [0.15, 0.2) is 0 Å². The van der Waals surface area contributed by atoms with Crippen molar-refractivity contribution in [2.45, 2.75) is 0 Å². The van der Waals surface area contributed by atoms with Gasteiger partial charge in [-0.2, -0.15) is 0 Å². The van der Waals surface area contributed by atoms with Gasteiger partial charge in [-0.05, 0) is 46.7 Å². The van der Waals surface area contributed by atoms with Crippen molar-refractivity contribution in [3.8, 4) is 0 Å². The van der Waals surface area contributed by atoms with Gasteiger partial charge in [0.1, 0.15) is 5.70 Å². The molecule has 0 aliphatic rings.